The van der Waals surface area contributed by atoms with Crippen molar-refractivity contribution in [3.63, 3.8) is 0 Å². The van der Waals surface area contributed by atoms with Gasteiger partial charge in [0.1, 0.15) is 5.75 Å². The number of methoxy groups -OCH3 is 1. The van der Waals surface area contributed by atoms with E-state index >= 15 is 0 Å². The molecule has 1 N–H and O–H groups in total. The van der Waals surface area contributed by atoms with Crippen molar-refractivity contribution >= 4 is 11.6 Å². The first-order valence-corrected chi connectivity index (χ1v) is 10.7. The van der Waals surface area contributed by atoms with Crippen molar-refractivity contribution in [1.82, 2.24) is 20.0 Å². The third kappa shape index (κ3) is 5.17. The molecule has 7 nitrogen and oxygen atoms in total. The number of aromatic nitrogens is 2. The smallest absolute Gasteiger partial charge is 0.193 e. The predicted octanol–water partition coefficient (Wildman–Crippen LogP) is 2.82. The molecule has 2 heterocycles. The summed E-state index contributed by atoms with van der Waals surface area (Å²) in [5, 5.41) is 7.79. The molecule has 7 heteroatoms. The van der Waals surface area contributed by atoms with Crippen LogP contribution in [0.5, 0.6) is 5.75 Å². The van der Waals surface area contributed by atoms with Crippen molar-refractivity contribution in [2.24, 2.45) is 4.99 Å². The molecular weight excluding hydrogens is 388 g/mol. The van der Waals surface area contributed by atoms with E-state index in [0.717, 1.165) is 56.5 Å². The first-order chi connectivity index (χ1) is 15.3. The van der Waals surface area contributed by atoms with E-state index < -0.39 is 0 Å². The van der Waals surface area contributed by atoms with E-state index in [9.17, 15) is 0 Å². The van der Waals surface area contributed by atoms with Crippen LogP contribution in [0.1, 0.15) is 5.56 Å². The summed E-state index contributed by atoms with van der Waals surface area (Å²) in [6.07, 6.45) is 4.69. The highest BCUT2D eigenvalue weighted by Crippen LogP contribution is 2.22. The zero-order valence-electron chi connectivity index (χ0n) is 18.2. The molecule has 0 unspecified atom stereocenters. The first-order valence-electron chi connectivity index (χ1n) is 10.7. The Morgan fingerprint density at radius 1 is 1.03 bits per heavy atom. The van der Waals surface area contributed by atoms with Crippen LogP contribution in [0.2, 0.25) is 0 Å². The van der Waals surface area contributed by atoms with Crippen LogP contribution < -0.4 is 15.0 Å². The first kappa shape index (κ1) is 20.8. The minimum Gasteiger partial charge on any atom is -0.497 e. The summed E-state index contributed by atoms with van der Waals surface area (Å²) in [6.45, 7) is 4.65. The Kier molecular flexibility index (Phi) is 6.72. The van der Waals surface area contributed by atoms with Gasteiger partial charge in [0.15, 0.2) is 5.96 Å². The number of ether oxygens (including phenoxy) is 1. The molecule has 0 saturated carbocycles. The molecule has 4 rings (SSSR count). The molecule has 2 aromatic carbocycles. The largest absolute Gasteiger partial charge is 0.497 e. The monoisotopic (exact) mass is 418 g/mol. The maximum Gasteiger partial charge on any atom is 0.193 e. The Bertz CT molecular complexity index is 976. The zero-order chi connectivity index (χ0) is 21.5. The summed E-state index contributed by atoms with van der Waals surface area (Å²) in [7, 11) is 3.57. The highest BCUT2D eigenvalue weighted by Gasteiger charge is 2.20. The second kappa shape index (κ2) is 10.0. The molecule has 1 saturated heterocycles. The van der Waals surface area contributed by atoms with Gasteiger partial charge < -0.3 is 19.9 Å². The molecule has 1 aromatic heterocycles. The Balaban J connectivity index is 1.25. The lowest BCUT2D eigenvalue weighted by Gasteiger charge is -2.37. The van der Waals surface area contributed by atoms with Gasteiger partial charge in [-0.2, -0.15) is 5.10 Å². The van der Waals surface area contributed by atoms with E-state index in [1.807, 2.05) is 36.1 Å². The summed E-state index contributed by atoms with van der Waals surface area (Å²) >= 11 is 0. The number of nitrogens with zero attached hydrogens (tertiary/aromatic N) is 5. The van der Waals surface area contributed by atoms with E-state index in [2.05, 4.69) is 61.6 Å². The van der Waals surface area contributed by atoms with Crippen molar-refractivity contribution in [3.8, 4) is 11.4 Å². The topological polar surface area (TPSA) is 57.9 Å². The number of aliphatic imine (C=N–C) groups is 1. The number of guanidine groups is 1. The molecule has 0 amide bonds. The molecule has 0 aliphatic carbocycles. The van der Waals surface area contributed by atoms with Crippen molar-refractivity contribution < 1.29 is 4.74 Å². The Labute approximate surface area is 184 Å². The maximum atomic E-state index is 5.36. The molecule has 3 aromatic rings. The van der Waals surface area contributed by atoms with Gasteiger partial charge in [-0.05, 0) is 42.3 Å². The van der Waals surface area contributed by atoms with Crippen LogP contribution in [-0.2, 0) is 6.42 Å². The number of nitrogens with one attached hydrogen (secondary N) is 1. The fourth-order valence-electron chi connectivity index (χ4n) is 3.87. The van der Waals surface area contributed by atoms with Crippen LogP contribution in [0.25, 0.3) is 5.69 Å². The van der Waals surface area contributed by atoms with Crippen LogP contribution >= 0.6 is 0 Å². The van der Waals surface area contributed by atoms with Crippen molar-refractivity contribution in [1.29, 1.82) is 0 Å². The average molecular weight is 419 g/mol. The number of hydrogen-bond donors (Lipinski definition) is 1. The lowest BCUT2D eigenvalue weighted by molar-refractivity contribution is 0.372. The molecule has 162 valence electrons. The summed E-state index contributed by atoms with van der Waals surface area (Å²) in [6, 6.07) is 18.7. The molecule has 31 heavy (non-hydrogen) atoms. The van der Waals surface area contributed by atoms with Crippen LogP contribution in [0.15, 0.2) is 72.0 Å². The maximum absolute atomic E-state index is 5.36. The van der Waals surface area contributed by atoms with Gasteiger partial charge >= 0.3 is 0 Å². The van der Waals surface area contributed by atoms with Gasteiger partial charge in [-0.3, -0.25) is 4.99 Å². The third-order valence-corrected chi connectivity index (χ3v) is 5.61. The molecular formula is C24H30N6O. The molecule has 0 bridgehead atoms. The van der Waals surface area contributed by atoms with E-state index in [4.69, 9.17) is 4.74 Å². The molecule has 0 atom stereocenters. The van der Waals surface area contributed by atoms with Gasteiger partial charge in [0, 0.05) is 63.9 Å². The van der Waals surface area contributed by atoms with E-state index in [0.29, 0.717) is 0 Å². The molecule has 0 spiro atoms. The summed E-state index contributed by atoms with van der Waals surface area (Å²) in [4.78, 5) is 9.22. The molecule has 0 radical (unpaired) electrons. The molecule has 1 aliphatic heterocycles. The van der Waals surface area contributed by atoms with Crippen molar-refractivity contribution in [2.45, 2.75) is 6.42 Å². The Hall–Kier alpha value is -3.48. The van der Waals surface area contributed by atoms with Gasteiger partial charge in [-0.1, -0.05) is 18.2 Å². The van der Waals surface area contributed by atoms with E-state index in [1.165, 1.54) is 11.3 Å². The number of anilines is 1. The van der Waals surface area contributed by atoms with Gasteiger partial charge in [-0.25, -0.2) is 4.68 Å². The van der Waals surface area contributed by atoms with Gasteiger partial charge in [0.25, 0.3) is 0 Å². The minimum absolute atomic E-state index is 0.851. The number of rotatable bonds is 6. The highest BCUT2D eigenvalue weighted by molar-refractivity contribution is 5.80. The van der Waals surface area contributed by atoms with E-state index in [1.54, 1.807) is 13.3 Å². The van der Waals surface area contributed by atoms with Crippen LogP contribution in [0, 0.1) is 0 Å². The third-order valence-electron chi connectivity index (χ3n) is 5.61. The molecule has 1 fully saturated rings. The molecule has 1 aliphatic rings. The Morgan fingerprint density at radius 2 is 1.84 bits per heavy atom. The standard InChI is InChI=1S/C24H30N6O/c1-25-24(26-13-11-20-7-9-21(10-8-20)30-14-4-12-27-30)29-17-15-28(16-18-29)22-5-3-6-23(19-22)31-2/h3-10,12,14,19H,11,13,15-18H2,1-2H3,(H,25,26). The van der Waals surface area contributed by atoms with Crippen molar-refractivity contribution in [3.05, 3.63) is 72.6 Å². The fourth-order valence-corrected chi connectivity index (χ4v) is 3.87. The second-order valence-electron chi connectivity index (χ2n) is 7.52. The van der Waals surface area contributed by atoms with Gasteiger partial charge in [0.2, 0.25) is 0 Å². The highest BCUT2D eigenvalue weighted by atomic mass is 16.5. The predicted molar refractivity (Wildman–Crippen MR) is 125 cm³/mol. The van der Waals surface area contributed by atoms with Crippen LogP contribution in [0.3, 0.4) is 0 Å². The lowest BCUT2D eigenvalue weighted by Crippen LogP contribution is -2.52. The van der Waals surface area contributed by atoms with E-state index in [-0.39, 0.29) is 0 Å². The van der Waals surface area contributed by atoms with Crippen LogP contribution in [0.4, 0.5) is 5.69 Å². The number of piperazine rings is 1. The SMILES string of the molecule is CN=C(NCCc1ccc(-n2cccn2)cc1)N1CCN(c2cccc(OC)c2)CC1. The van der Waals surface area contributed by atoms with Gasteiger partial charge in [0.05, 0.1) is 12.8 Å². The quantitative estimate of drug-likeness (QED) is 0.493. The lowest BCUT2D eigenvalue weighted by atomic mass is 10.1. The zero-order valence-corrected chi connectivity index (χ0v) is 18.2. The average Bonchev–Trinajstić information content (AvgIpc) is 3.38. The summed E-state index contributed by atoms with van der Waals surface area (Å²) in [5.74, 6) is 1.87. The van der Waals surface area contributed by atoms with Crippen LogP contribution in [-0.4, -0.2) is 67.5 Å². The van der Waals surface area contributed by atoms with Crippen molar-refractivity contribution in [2.75, 3.05) is 51.8 Å². The number of benzene rings is 2. The second-order valence-corrected chi connectivity index (χ2v) is 7.52. The fraction of sp³-hybridized carbons (Fsp3) is 0.333. The van der Waals surface area contributed by atoms with Gasteiger partial charge in [-0.15, -0.1) is 0 Å². The Morgan fingerprint density at radius 3 is 2.52 bits per heavy atom. The number of hydrogen-bond acceptors (Lipinski definition) is 4. The minimum atomic E-state index is 0.851. The normalized spacial score (nSPS) is 14.6. The summed E-state index contributed by atoms with van der Waals surface area (Å²) in [5.41, 5.74) is 3.58. The summed E-state index contributed by atoms with van der Waals surface area (Å²) < 4.78 is 7.23.